The lowest BCUT2D eigenvalue weighted by Crippen LogP contribution is -2.19. The number of nitrogens with one attached hydrogen (secondary N) is 1. The van der Waals surface area contributed by atoms with Crippen molar-refractivity contribution in [3.05, 3.63) is 58.6 Å². The van der Waals surface area contributed by atoms with Crippen LogP contribution in [0, 0.1) is 11.6 Å². The first-order valence-corrected chi connectivity index (χ1v) is 7.71. The highest BCUT2D eigenvalue weighted by Gasteiger charge is 2.37. The maximum absolute atomic E-state index is 13.5. The molecule has 3 nitrogen and oxygen atoms in total. The topological polar surface area (TPSA) is 46.2 Å². The maximum atomic E-state index is 13.5. The van der Waals surface area contributed by atoms with Gasteiger partial charge in [0.15, 0.2) is 0 Å². The van der Waals surface area contributed by atoms with Crippen molar-refractivity contribution >= 4 is 27.3 Å². The van der Waals surface area contributed by atoms with Gasteiger partial charge in [-0.05, 0) is 30.3 Å². The molecule has 0 aliphatic heterocycles. The van der Waals surface area contributed by atoms with Crippen molar-refractivity contribution in [1.82, 2.24) is 0 Å². The van der Waals surface area contributed by atoms with Crippen LogP contribution in [0.3, 0.4) is 0 Å². The summed E-state index contributed by atoms with van der Waals surface area (Å²) in [6.45, 7) is 0. The molecule has 10 heteroatoms. The smallest absolute Gasteiger partial charge is 0.277 e. The third-order valence-corrected chi connectivity index (χ3v) is 4.37. The molecule has 2 aromatic carbocycles. The fourth-order valence-electron chi connectivity index (χ4n) is 1.73. The molecule has 0 radical (unpaired) electrons. The van der Waals surface area contributed by atoms with Crippen molar-refractivity contribution in [2.45, 2.75) is 11.1 Å². The first kappa shape index (κ1) is 17.5. The van der Waals surface area contributed by atoms with Crippen LogP contribution in [0.5, 0.6) is 0 Å². The molecule has 0 aromatic heterocycles. The van der Waals surface area contributed by atoms with E-state index in [1.807, 2.05) is 0 Å². The van der Waals surface area contributed by atoms with Gasteiger partial charge in [-0.25, -0.2) is 17.2 Å². The van der Waals surface area contributed by atoms with Gasteiger partial charge < -0.3 is 0 Å². The Bertz CT molecular complexity index is 852. The Hall–Kier alpha value is -1.87. The summed E-state index contributed by atoms with van der Waals surface area (Å²) in [5.74, 6) is -2.23. The second-order valence-corrected chi connectivity index (χ2v) is 6.46. The van der Waals surface area contributed by atoms with E-state index in [4.69, 9.17) is 11.6 Å². The molecule has 2 aromatic rings. The number of halogens is 6. The Morgan fingerprint density at radius 3 is 2.22 bits per heavy atom. The molecule has 124 valence electrons. The SMILES string of the molecule is O=S(=O)(Nc1ccc(F)cc1F)c1ccc(Cl)cc1C(F)(F)F. The van der Waals surface area contributed by atoms with Crippen molar-refractivity contribution in [2.24, 2.45) is 0 Å². The average Bonchev–Trinajstić information content (AvgIpc) is 2.40. The molecule has 0 amide bonds. The predicted octanol–water partition coefficient (Wildman–Crippen LogP) is 4.44. The van der Waals surface area contributed by atoms with Crippen LogP contribution in [0.2, 0.25) is 5.02 Å². The van der Waals surface area contributed by atoms with Crippen LogP contribution in [-0.4, -0.2) is 8.42 Å². The lowest BCUT2D eigenvalue weighted by molar-refractivity contribution is -0.139. The van der Waals surface area contributed by atoms with Crippen LogP contribution in [0.15, 0.2) is 41.3 Å². The van der Waals surface area contributed by atoms with E-state index in [0.29, 0.717) is 18.2 Å². The van der Waals surface area contributed by atoms with Gasteiger partial charge in [0.05, 0.1) is 16.1 Å². The molecule has 0 aliphatic rings. The number of benzene rings is 2. The summed E-state index contributed by atoms with van der Waals surface area (Å²) in [6, 6.07) is 3.95. The summed E-state index contributed by atoms with van der Waals surface area (Å²) < 4.78 is 91.0. The zero-order valence-electron chi connectivity index (χ0n) is 11.0. The van der Waals surface area contributed by atoms with Gasteiger partial charge in [0.2, 0.25) is 0 Å². The van der Waals surface area contributed by atoms with E-state index >= 15 is 0 Å². The molecule has 0 saturated heterocycles. The Balaban J connectivity index is 2.52. The Kier molecular flexibility index (Phi) is 4.54. The van der Waals surface area contributed by atoms with E-state index in [-0.39, 0.29) is 5.02 Å². The summed E-state index contributed by atoms with van der Waals surface area (Å²) in [6.07, 6.45) is -4.99. The second kappa shape index (κ2) is 5.97. The molecule has 0 heterocycles. The monoisotopic (exact) mass is 371 g/mol. The minimum absolute atomic E-state index is 0.316. The maximum Gasteiger partial charge on any atom is 0.417 e. The van der Waals surface area contributed by atoms with E-state index in [0.717, 1.165) is 18.2 Å². The van der Waals surface area contributed by atoms with Crippen molar-refractivity contribution in [3.63, 3.8) is 0 Å². The van der Waals surface area contributed by atoms with Gasteiger partial charge in [-0.3, -0.25) is 4.72 Å². The molecule has 0 saturated carbocycles. The molecule has 0 spiro atoms. The van der Waals surface area contributed by atoms with Crippen LogP contribution >= 0.6 is 11.6 Å². The zero-order chi connectivity index (χ0) is 17.4. The highest BCUT2D eigenvalue weighted by Crippen LogP contribution is 2.36. The first-order valence-electron chi connectivity index (χ1n) is 5.85. The van der Waals surface area contributed by atoms with Gasteiger partial charge in [-0.15, -0.1) is 0 Å². The molecular weight excluding hydrogens is 365 g/mol. The molecule has 0 aliphatic carbocycles. The molecule has 0 atom stereocenters. The Morgan fingerprint density at radius 1 is 1.00 bits per heavy atom. The summed E-state index contributed by atoms with van der Waals surface area (Å²) in [4.78, 5) is -1.13. The van der Waals surface area contributed by atoms with Crippen molar-refractivity contribution < 1.29 is 30.4 Å². The van der Waals surface area contributed by atoms with Crippen LogP contribution in [0.25, 0.3) is 0 Å². The minimum atomic E-state index is -4.99. The van der Waals surface area contributed by atoms with Gasteiger partial charge in [0.1, 0.15) is 11.6 Å². The van der Waals surface area contributed by atoms with Crippen molar-refractivity contribution in [2.75, 3.05) is 4.72 Å². The summed E-state index contributed by atoms with van der Waals surface area (Å²) in [7, 11) is -4.77. The number of hydrogen-bond acceptors (Lipinski definition) is 2. The number of anilines is 1. The number of sulfonamides is 1. The van der Waals surface area contributed by atoms with E-state index < -0.39 is 44.0 Å². The lowest BCUT2D eigenvalue weighted by atomic mass is 10.2. The average molecular weight is 372 g/mol. The van der Waals surface area contributed by atoms with Crippen molar-refractivity contribution in [1.29, 1.82) is 0 Å². The van der Waals surface area contributed by atoms with Gasteiger partial charge in [0, 0.05) is 11.1 Å². The van der Waals surface area contributed by atoms with E-state index in [1.165, 1.54) is 0 Å². The van der Waals surface area contributed by atoms with Gasteiger partial charge in [0.25, 0.3) is 10.0 Å². The van der Waals surface area contributed by atoms with Crippen LogP contribution in [0.4, 0.5) is 27.6 Å². The Labute approximate surface area is 132 Å². The van der Waals surface area contributed by atoms with E-state index in [2.05, 4.69) is 0 Å². The van der Waals surface area contributed by atoms with Crippen LogP contribution in [0.1, 0.15) is 5.56 Å². The summed E-state index contributed by atoms with van der Waals surface area (Å²) in [5.41, 5.74) is -2.19. The Morgan fingerprint density at radius 2 is 1.65 bits per heavy atom. The number of hydrogen-bond donors (Lipinski definition) is 1. The standard InChI is InChI=1S/C13H7ClF5NO2S/c14-7-1-4-12(9(5-7)13(17,18)19)23(21,22)20-11-3-2-8(15)6-10(11)16/h1-6,20H. The van der Waals surface area contributed by atoms with E-state index in [1.54, 1.807) is 4.72 Å². The lowest BCUT2D eigenvalue weighted by Gasteiger charge is -2.15. The van der Waals surface area contributed by atoms with Gasteiger partial charge in [-0.2, -0.15) is 13.2 Å². The van der Waals surface area contributed by atoms with Gasteiger partial charge >= 0.3 is 6.18 Å². The molecule has 23 heavy (non-hydrogen) atoms. The first-order chi connectivity index (χ1) is 10.5. The number of alkyl halides is 3. The highest BCUT2D eigenvalue weighted by atomic mass is 35.5. The van der Waals surface area contributed by atoms with Crippen molar-refractivity contribution in [3.8, 4) is 0 Å². The third-order valence-electron chi connectivity index (χ3n) is 2.71. The second-order valence-electron chi connectivity index (χ2n) is 4.37. The molecule has 0 fully saturated rings. The predicted molar refractivity (Wildman–Crippen MR) is 73.6 cm³/mol. The van der Waals surface area contributed by atoms with Crippen LogP contribution in [-0.2, 0) is 16.2 Å². The summed E-state index contributed by atoms with van der Waals surface area (Å²) >= 11 is 5.46. The van der Waals surface area contributed by atoms with Crippen LogP contribution < -0.4 is 4.72 Å². The third kappa shape index (κ3) is 3.91. The fourth-order valence-corrected chi connectivity index (χ4v) is 3.18. The quantitative estimate of drug-likeness (QED) is 0.811. The molecular formula is C13H7ClF5NO2S. The molecule has 1 N–H and O–H groups in total. The highest BCUT2D eigenvalue weighted by molar-refractivity contribution is 7.92. The van der Waals surface area contributed by atoms with Gasteiger partial charge in [-0.1, -0.05) is 11.6 Å². The normalized spacial score (nSPS) is 12.3. The van der Waals surface area contributed by atoms with E-state index in [9.17, 15) is 30.4 Å². The minimum Gasteiger partial charge on any atom is -0.277 e. The molecule has 0 bridgehead atoms. The zero-order valence-corrected chi connectivity index (χ0v) is 12.5. The fraction of sp³-hybridized carbons (Fsp3) is 0.0769. The molecule has 0 unspecified atom stereocenters. The summed E-state index contributed by atoms with van der Waals surface area (Å²) in [5, 5.41) is -0.316. The number of rotatable bonds is 3. The molecule has 2 rings (SSSR count). The largest absolute Gasteiger partial charge is 0.417 e.